The fraction of sp³-hybridized carbons (Fsp3) is 0.222. The molecule has 34 heavy (non-hydrogen) atoms. The fourth-order valence-electron chi connectivity index (χ4n) is 4.30. The standard InChI is InChI=1S/C27H27N5O2/c1-34-24-12-10-22(11-13-24)30-15-6-16-31(18-17-30)27(33)25-20-32(23-8-3-2-4-9-23)29-26(25)21-7-5-14-28-19-21/h2-5,7-14,19-20H,6,15-18H2,1H3. The minimum absolute atomic E-state index is 0.00221. The van der Waals surface area contributed by atoms with Gasteiger partial charge in [0.15, 0.2) is 0 Å². The molecule has 7 heteroatoms. The van der Waals surface area contributed by atoms with E-state index in [1.54, 1.807) is 24.2 Å². The molecule has 0 radical (unpaired) electrons. The molecule has 1 aliphatic heterocycles. The predicted molar refractivity (Wildman–Crippen MR) is 133 cm³/mol. The summed E-state index contributed by atoms with van der Waals surface area (Å²) in [4.78, 5) is 22.2. The van der Waals surface area contributed by atoms with Crippen molar-refractivity contribution in [2.75, 3.05) is 38.2 Å². The number of methoxy groups -OCH3 is 1. The number of para-hydroxylation sites is 1. The van der Waals surface area contributed by atoms with E-state index < -0.39 is 0 Å². The van der Waals surface area contributed by atoms with Gasteiger partial charge in [0.2, 0.25) is 0 Å². The van der Waals surface area contributed by atoms with Crippen LogP contribution in [-0.4, -0.2) is 58.9 Å². The Balaban J connectivity index is 1.40. The second-order valence-electron chi connectivity index (χ2n) is 8.24. The molecule has 1 aliphatic rings. The predicted octanol–water partition coefficient (Wildman–Crippen LogP) is 4.30. The highest BCUT2D eigenvalue weighted by atomic mass is 16.5. The molecule has 7 nitrogen and oxygen atoms in total. The molecule has 0 unspecified atom stereocenters. The number of amides is 1. The van der Waals surface area contributed by atoms with Crippen LogP contribution in [-0.2, 0) is 0 Å². The van der Waals surface area contributed by atoms with Crippen molar-refractivity contribution < 1.29 is 9.53 Å². The summed E-state index contributed by atoms with van der Waals surface area (Å²) in [6.45, 7) is 3.02. The highest BCUT2D eigenvalue weighted by molar-refractivity contribution is 6.00. The van der Waals surface area contributed by atoms with E-state index in [0.717, 1.165) is 42.2 Å². The van der Waals surface area contributed by atoms with Crippen molar-refractivity contribution >= 4 is 11.6 Å². The summed E-state index contributed by atoms with van der Waals surface area (Å²) >= 11 is 0. The number of pyridine rings is 1. The smallest absolute Gasteiger partial charge is 0.257 e. The Bertz CT molecular complexity index is 1240. The largest absolute Gasteiger partial charge is 0.497 e. The summed E-state index contributed by atoms with van der Waals surface area (Å²) in [5.74, 6) is 0.839. The summed E-state index contributed by atoms with van der Waals surface area (Å²) in [5, 5.41) is 4.78. The monoisotopic (exact) mass is 453 g/mol. The highest BCUT2D eigenvalue weighted by Crippen LogP contribution is 2.26. The summed E-state index contributed by atoms with van der Waals surface area (Å²) in [5.41, 5.74) is 4.12. The Morgan fingerprint density at radius 1 is 0.882 bits per heavy atom. The van der Waals surface area contributed by atoms with E-state index in [1.807, 2.05) is 65.7 Å². The van der Waals surface area contributed by atoms with E-state index in [1.165, 1.54) is 0 Å². The number of nitrogens with zero attached hydrogens (tertiary/aromatic N) is 5. The van der Waals surface area contributed by atoms with Gasteiger partial charge in [0.05, 0.1) is 18.4 Å². The quantitative estimate of drug-likeness (QED) is 0.451. The van der Waals surface area contributed by atoms with Gasteiger partial charge in [-0.3, -0.25) is 9.78 Å². The van der Waals surface area contributed by atoms with E-state index in [2.05, 4.69) is 22.0 Å². The third-order valence-corrected chi connectivity index (χ3v) is 6.12. The molecule has 0 spiro atoms. The van der Waals surface area contributed by atoms with Crippen LogP contribution in [0.15, 0.2) is 85.3 Å². The van der Waals surface area contributed by atoms with Crippen LogP contribution in [0.2, 0.25) is 0 Å². The molecule has 0 bridgehead atoms. The molecule has 172 valence electrons. The number of hydrogen-bond acceptors (Lipinski definition) is 5. The molecular formula is C27H27N5O2. The maximum atomic E-state index is 13.7. The van der Waals surface area contributed by atoms with E-state index in [4.69, 9.17) is 9.84 Å². The molecule has 2 aromatic carbocycles. The summed E-state index contributed by atoms with van der Waals surface area (Å²) in [7, 11) is 1.67. The van der Waals surface area contributed by atoms with Crippen molar-refractivity contribution in [2.45, 2.75) is 6.42 Å². The third-order valence-electron chi connectivity index (χ3n) is 6.12. The van der Waals surface area contributed by atoms with Gasteiger partial charge in [0, 0.05) is 56.0 Å². The topological polar surface area (TPSA) is 63.5 Å². The molecule has 4 aromatic rings. The van der Waals surface area contributed by atoms with Crippen molar-refractivity contribution in [3.63, 3.8) is 0 Å². The number of aromatic nitrogens is 3. The average molecular weight is 454 g/mol. The number of anilines is 1. The van der Waals surface area contributed by atoms with Gasteiger partial charge in [-0.1, -0.05) is 18.2 Å². The van der Waals surface area contributed by atoms with Gasteiger partial charge in [-0.05, 0) is 55.0 Å². The lowest BCUT2D eigenvalue weighted by Gasteiger charge is -2.24. The Morgan fingerprint density at radius 2 is 1.71 bits per heavy atom. The second kappa shape index (κ2) is 9.79. The summed E-state index contributed by atoms with van der Waals surface area (Å²) < 4.78 is 7.05. The Kier molecular flexibility index (Phi) is 6.25. The van der Waals surface area contributed by atoms with E-state index in [0.29, 0.717) is 24.3 Å². The molecule has 0 aliphatic carbocycles. The first kappa shape index (κ1) is 21.7. The molecule has 1 fully saturated rings. The average Bonchev–Trinajstić information content (AvgIpc) is 3.21. The minimum atomic E-state index is -0.00221. The van der Waals surface area contributed by atoms with Crippen LogP contribution in [0, 0.1) is 0 Å². The lowest BCUT2D eigenvalue weighted by molar-refractivity contribution is 0.0768. The van der Waals surface area contributed by atoms with Gasteiger partial charge in [-0.2, -0.15) is 5.10 Å². The lowest BCUT2D eigenvalue weighted by Crippen LogP contribution is -2.35. The van der Waals surface area contributed by atoms with Crippen LogP contribution in [0.25, 0.3) is 16.9 Å². The maximum Gasteiger partial charge on any atom is 0.257 e. The fourth-order valence-corrected chi connectivity index (χ4v) is 4.30. The van der Waals surface area contributed by atoms with E-state index >= 15 is 0 Å². The van der Waals surface area contributed by atoms with Crippen LogP contribution in [0.3, 0.4) is 0 Å². The van der Waals surface area contributed by atoms with Gasteiger partial charge in [-0.15, -0.1) is 0 Å². The number of hydrogen-bond donors (Lipinski definition) is 0. The zero-order chi connectivity index (χ0) is 23.3. The molecule has 3 heterocycles. The molecule has 1 amide bonds. The Hall–Kier alpha value is -4.13. The van der Waals surface area contributed by atoms with Gasteiger partial charge < -0.3 is 14.5 Å². The van der Waals surface area contributed by atoms with Crippen LogP contribution in [0.5, 0.6) is 5.75 Å². The van der Waals surface area contributed by atoms with Crippen molar-refractivity contribution in [3.05, 3.63) is 90.9 Å². The first-order valence-electron chi connectivity index (χ1n) is 11.5. The number of rotatable bonds is 5. The van der Waals surface area contributed by atoms with Gasteiger partial charge >= 0.3 is 0 Å². The van der Waals surface area contributed by atoms with E-state index in [9.17, 15) is 4.79 Å². The van der Waals surface area contributed by atoms with Crippen molar-refractivity contribution in [1.82, 2.24) is 19.7 Å². The zero-order valence-corrected chi connectivity index (χ0v) is 19.2. The zero-order valence-electron chi connectivity index (χ0n) is 19.2. The molecule has 5 rings (SSSR count). The first-order valence-corrected chi connectivity index (χ1v) is 11.5. The molecule has 0 N–H and O–H groups in total. The van der Waals surface area contributed by atoms with Crippen LogP contribution >= 0.6 is 0 Å². The Labute approximate surface area is 199 Å². The molecule has 0 atom stereocenters. The van der Waals surface area contributed by atoms with Crippen LogP contribution < -0.4 is 9.64 Å². The number of benzene rings is 2. The Morgan fingerprint density at radius 3 is 2.44 bits per heavy atom. The SMILES string of the molecule is COc1ccc(N2CCCN(C(=O)c3cn(-c4ccccc4)nc3-c3cccnc3)CC2)cc1. The minimum Gasteiger partial charge on any atom is -0.497 e. The number of carbonyl (C=O) groups is 1. The van der Waals surface area contributed by atoms with Crippen molar-refractivity contribution in [1.29, 1.82) is 0 Å². The van der Waals surface area contributed by atoms with Crippen molar-refractivity contribution in [3.8, 4) is 22.7 Å². The van der Waals surface area contributed by atoms with Gasteiger partial charge in [0.1, 0.15) is 11.4 Å². The molecule has 0 saturated carbocycles. The van der Waals surface area contributed by atoms with Crippen LogP contribution in [0.1, 0.15) is 16.8 Å². The second-order valence-corrected chi connectivity index (χ2v) is 8.24. The molecular weight excluding hydrogens is 426 g/mol. The maximum absolute atomic E-state index is 13.7. The summed E-state index contributed by atoms with van der Waals surface area (Å²) in [6.07, 6.45) is 6.21. The normalized spacial score (nSPS) is 14.0. The van der Waals surface area contributed by atoms with Crippen LogP contribution in [0.4, 0.5) is 5.69 Å². The van der Waals surface area contributed by atoms with E-state index in [-0.39, 0.29) is 5.91 Å². The third kappa shape index (κ3) is 4.50. The van der Waals surface area contributed by atoms with Crippen molar-refractivity contribution in [2.24, 2.45) is 0 Å². The molecule has 2 aromatic heterocycles. The lowest BCUT2D eigenvalue weighted by atomic mass is 10.1. The highest BCUT2D eigenvalue weighted by Gasteiger charge is 2.25. The van der Waals surface area contributed by atoms with Gasteiger partial charge in [-0.25, -0.2) is 4.68 Å². The first-order chi connectivity index (χ1) is 16.7. The number of carbonyl (C=O) groups excluding carboxylic acids is 1. The molecule has 1 saturated heterocycles. The summed E-state index contributed by atoms with van der Waals surface area (Å²) in [6, 6.07) is 21.7. The van der Waals surface area contributed by atoms with Gasteiger partial charge in [0.25, 0.3) is 5.91 Å². The number of ether oxygens (including phenoxy) is 1.